The Hall–Kier alpha value is -1.92. The van der Waals surface area contributed by atoms with Gasteiger partial charge >= 0.3 is 0 Å². The Labute approximate surface area is 129 Å². The summed E-state index contributed by atoms with van der Waals surface area (Å²) in [4.78, 5) is 26.3. The van der Waals surface area contributed by atoms with Crippen LogP contribution < -0.4 is 10.6 Å². The van der Waals surface area contributed by atoms with Crippen molar-refractivity contribution in [3.63, 3.8) is 0 Å². The Bertz CT molecular complexity index is 549. The molecule has 2 aliphatic rings. The van der Waals surface area contributed by atoms with Gasteiger partial charge in [-0.15, -0.1) is 0 Å². The maximum atomic E-state index is 12.4. The van der Waals surface area contributed by atoms with E-state index in [-0.39, 0.29) is 17.9 Å². The molecule has 2 N–H and O–H groups in total. The molecule has 2 saturated heterocycles. The molecule has 0 spiro atoms. The highest BCUT2D eigenvalue weighted by atomic mass is 16.5. The van der Waals surface area contributed by atoms with Crippen molar-refractivity contribution in [2.24, 2.45) is 0 Å². The number of benzene rings is 1. The van der Waals surface area contributed by atoms with Gasteiger partial charge in [0, 0.05) is 24.3 Å². The summed E-state index contributed by atoms with van der Waals surface area (Å²) in [5.41, 5.74) is 1.26. The molecule has 2 amide bonds. The van der Waals surface area contributed by atoms with Gasteiger partial charge in [-0.3, -0.25) is 9.59 Å². The minimum atomic E-state index is -0.126. The van der Waals surface area contributed by atoms with Crippen molar-refractivity contribution >= 4 is 17.5 Å². The third-order valence-electron chi connectivity index (χ3n) is 4.05. The summed E-state index contributed by atoms with van der Waals surface area (Å²) in [6.45, 7) is 3.27. The first-order valence-corrected chi connectivity index (χ1v) is 7.75. The Balaban J connectivity index is 1.66. The van der Waals surface area contributed by atoms with E-state index in [0.717, 1.165) is 19.4 Å². The molecule has 0 aliphatic carbocycles. The monoisotopic (exact) mass is 303 g/mol. The highest BCUT2D eigenvalue weighted by molar-refractivity contribution is 5.98. The van der Waals surface area contributed by atoms with Crippen molar-refractivity contribution in [1.82, 2.24) is 10.2 Å². The van der Waals surface area contributed by atoms with Gasteiger partial charge < -0.3 is 20.3 Å². The van der Waals surface area contributed by atoms with E-state index in [1.54, 1.807) is 23.1 Å². The lowest BCUT2D eigenvalue weighted by Gasteiger charge is -2.27. The van der Waals surface area contributed by atoms with Crippen molar-refractivity contribution in [2.45, 2.75) is 18.9 Å². The van der Waals surface area contributed by atoms with Crippen molar-refractivity contribution in [1.29, 1.82) is 0 Å². The van der Waals surface area contributed by atoms with Crippen LogP contribution in [0.2, 0.25) is 0 Å². The molecule has 0 radical (unpaired) electrons. The summed E-state index contributed by atoms with van der Waals surface area (Å²) >= 11 is 0. The second-order valence-electron chi connectivity index (χ2n) is 5.62. The lowest BCUT2D eigenvalue weighted by molar-refractivity contribution is -0.117. The van der Waals surface area contributed by atoms with E-state index in [1.807, 2.05) is 6.07 Å². The van der Waals surface area contributed by atoms with Gasteiger partial charge in [-0.25, -0.2) is 0 Å². The van der Waals surface area contributed by atoms with Crippen LogP contribution in [0.4, 0.5) is 5.69 Å². The molecular weight excluding hydrogens is 282 g/mol. The number of nitrogens with one attached hydrogen (secondary N) is 2. The van der Waals surface area contributed by atoms with Gasteiger partial charge in [0.25, 0.3) is 5.91 Å². The topological polar surface area (TPSA) is 70.7 Å². The second-order valence-corrected chi connectivity index (χ2v) is 5.62. The predicted octanol–water partition coefficient (Wildman–Crippen LogP) is 0.849. The molecule has 1 aromatic rings. The van der Waals surface area contributed by atoms with Crippen LogP contribution in [0.3, 0.4) is 0 Å². The van der Waals surface area contributed by atoms with Gasteiger partial charge in [-0.2, -0.15) is 0 Å². The first-order chi connectivity index (χ1) is 10.7. The van der Waals surface area contributed by atoms with Crippen LogP contribution in [-0.4, -0.2) is 55.6 Å². The minimum absolute atomic E-state index is 0.0154. The van der Waals surface area contributed by atoms with Crippen molar-refractivity contribution < 1.29 is 14.3 Å². The van der Waals surface area contributed by atoms with Gasteiger partial charge in [-0.1, -0.05) is 6.07 Å². The van der Waals surface area contributed by atoms with Crippen LogP contribution in [0.1, 0.15) is 23.2 Å². The average Bonchev–Trinajstić information content (AvgIpc) is 3.10. The molecule has 2 fully saturated rings. The summed E-state index contributed by atoms with van der Waals surface area (Å²) in [6, 6.07) is 7.00. The lowest BCUT2D eigenvalue weighted by atomic mass is 10.1. The molecule has 6 nitrogen and oxygen atoms in total. The van der Waals surface area contributed by atoms with E-state index in [2.05, 4.69) is 10.6 Å². The molecule has 6 heteroatoms. The van der Waals surface area contributed by atoms with Crippen molar-refractivity contribution in [2.75, 3.05) is 38.2 Å². The standard InChI is InChI=1S/C16H21N3O3/c20-15(14-5-2-6-17-14)18-13-4-1-3-12(11-13)16(21)19-7-9-22-10-8-19/h1,3-4,11,14,17H,2,5-10H2,(H,18,20). The molecule has 1 aromatic carbocycles. The van der Waals surface area contributed by atoms with Gasteiger partial charge in [0.1, 0.15) is 0 Å². The minimum Gasteiger partial charge on any atom is -0.378 e. The maximum Gasteiger partial charge on any atom is 0.254 e. The lowest BCUT2D eigenvalue weighted by Crippen LogP contribution is -2.40. The molecular formula is C16H21N3O3. The Morgan fingerprint density at radius 2 is 2.09 bits per heavy atom. The number of hydrogen-bond acceptors (Lipinski definition) is 4. The average molecular weight is 303 g/mol. The number of rotatable bonds is 3. The summed E-state index contributed by atoms with van der Waals surface area (Å²) in [6.07, 6.45) is 1.88. The summed E-state index contributed by atoms with van der Waals surface area (Å²) < 4.78 is 5.26. The Kier molecular flexibility index (Phi) is 4.70. The summed E-state index contributed by atoms with van der Waals surface area (Å²) in [5, 5.41) is 6.05. The molecule has 2 heterocycles. The molecule has 0 aromatic heterocycles. The number of carbonyl (C=O) groups excluding carboxylic acids is 2. The van der Waals surface area contributed by atoms with Gasteiger partial charge in [0.05, 0.1) is 19.3 Å². The van der Waals surface area contributed by atoms with Crippen molar-refractivity contribution in [3.8, 4) is 0 Å². The third-order valence-corrected chi connectivity index (χ3v) is 4.05. The molecule has 22 heavy (non-hydrogen) atoms. The van der Waals surface area contributed by atoms with Crippen molar-refractivity contribution in [3.05, 3.63) is 29.8 Å². The number of carbonyl (C=O) groups is 2. The summed E-state index contributed by atoms with van der Waals surface area (Å²) in [7, 11) is 0. The molecule has 1 unspecified atom stereocenters. The van der Waals surface area contributed by atoms with Crippen LogP contribution in [0.5, 0.6) is 0 Å². The number of nitrogens with zero attached hydrogens (tertiary/aromatic N) is 1. The Morgan fingerprint density at radius 3 is 2.82 bits per heavy atom. The van der Waals surface area contributed by atoms with E-state index in [0.29, 0.717) is 37.6 Å². The predicted molar refractivity (Wildman–Crippen MR) is 82.8 cm³/mol. The van der Waals surface area contributed by atoms with Crippen LogP contribution in [0.15, 0.2) is 24.3 Å². The SMILES string of the molecule is O=C(Nc1cccc(C(=O)N2CCOCC2)c1)C1CCCN1. The number of amides is 2. The zero-order valence-corrected chi connectivity index (χ0v) is 12.5. The number of anilines is 1. The molecule has 0 bridgehead atoms. The fraction of sp³-hybridized carbons (Fsp3) is 0.500. The quantitative estimate of drug-likeness (QED) is 0.868. The van der Waals surface area contributed by atoms with E-state index in [9.17, 15) is 9.59 Å². The number of hydrogen-bond donors (Lipinski definition) is 2. The smallest absolute Gasteiger partial charge is 0.254 e. The van der Waals surface area contributed by atoms with Gasteiger partial charge in [0.2, 0.25) is 5.91 Å². The highest BCUT2D eigenvalue weighted by Crippen LogP contribution is 2.15. The fourth-order valence-electron chi connectivity index (χ4n) is 2.82. The van der Waals surface area contributed by atoms with E-state index in [4.69, 9.17) is 4.74 Å². The van der Waals surface area contributed by atoms with Crippen LogP contribution in [0.25, 0.3) is 0 Å². The maximum absolute atomic E-state index is 12.4. The zero-order valence-electron chi connectivity index (χ0n) is 12.5. The fourth-order valence-corrected chi connectivity index (χ4v) is 2.82. The van der Waals surface area contributed by atoms with Gasteiger partial charge in [-0.05, 0) is 37.6 Å². The second kappa shape index (κ2) is 6.89. The van der Waals surface area contributed by atoms with Crippen LogP contribution in [-0.2, 0) is 9.53 Å². The first kappa shape index (κ1) is 15.0. The molecule has 2 aliphatic heterocycles. The highest BCUT2D eigenvalue weighted by Gasteiger charge is 2.23. The Morgan fingerprint density at radius 1 is 1.27 bits per heavy atom. The van der Waals surface area contributed by atoms with E-state index < -0.39 is 0 Å². The normalized spacial score (nSPS) is 21.6. The van der Waals surface area contributed by atoms with Crippen LogP contribution >= 0.6 is 0 Å². The van der Waals surface area contributed by atoms with E-state index in [1.165, 1.54) is 0 Å². The van der Waals surface area contributed by atoms with Gasteiger partial charge in [0.15, 0.2) is 0 Å². The van der Waals surface area contributed by atoms with Crippen LogP contribution in [0, 0.1) is 0 Å². The molecule has 1 atom stereocenters. The molecule has 0 saturated carbocycles. The number of ether oxygens (including phenoxy) is 1. The zero-order chi connectivity index (χ0) is 15.4. The molecule has 3 rings (SSSR count). The number of morpholine rings is 1. The molecule has 118 valence electrons. The largest absolute Gasteiger partial charge is 0.378 e. The van der Waals surface area contributed by atoms with E-state index >= 15 is 0 Å². The third kappa shape index (κ3) is 3.45. The summed E-state index contributed by atoms with van der Waals surface area (Å²) in [5.74, 6) is -0.0492. The first-order valence-electron chi connectivity index (χ1n) is 7.75.